The predicted octanol–water partition coefficient (Wildman–Crippen LogP) is 0.951. The lowest BCUT2D eigenvalue weighted by Crippen LogP contribution is -2.43. The van der Waals surface area contributed by atoms with Gasteiger partial charge in [0.15, 0.2) is 11.6 Å². The fourth-order valence-corrected chi connectivity index (χ4v) is 2.30. The second-order valence-electron chi connectivity index (χ2n) is 4.76. The molecule has 20 heavy (non-hydrogen) atoms. The van der Waals surface area contributed by atoms with Gasteiger partial charge in [0.1, 0.15) is 0 Å². The van der Waals surface area contributed by atoms with Crippen LogP contribution < -0.4 is 5.32 Å². The second-order valence-corrected chi connectivity index (χ2v) is 4.76. The fraction of sp³-hybridized carbons (Fsp3) is 0.385. The first-order valence-corrected chi connectivity index (χ1v) is 6.52. The molecular formula is C13H15F2N5. The van der Waals surface area contributed by atoms with Gasteiger partial charge in [-0.25, -0.2) is 13.5 Å². The van der Waals surface area contributed by atoms with Gasteiger partial charge >= 0.3 is 0 Å². The monoisotopic (exact) mass is 279 g/mol. The van der Waals surface area contributed by atoms with Gasteiger partial charge in [-0.15, -0.1) is 5.10 Å². The minimum Gasteiger partial charge on any atom is -0.314 e. The van der Waals surface area contributed by atoms with Gasteiger partial charge in [0.2, 0.25) is 0 Å². The van der Waals surface area contributed by atoms with E-state index in [1.165, 1.54) is 6.07 Å². The van der Waals surface area contributed by atoms with Crippen LogP contribution in [-0.2, 0) is 6.54 Å². The number of nitrogens with zero attached hydrogens (tertiary/aromatic N) is 4. The Morgan fingerprint density at radius 1 is 1.15 bits per heavy atom. The quantitative estimate of drug-likeness (QED) is 0.908. The molecular weight excluding hydrogens is 264 g/mol. The maximum Gasteiger partial charge on any atom is 0.160 e. The number of piperazine rings is 1. The number of benzene rings is 1. The zero-order chi connectivity index (χ0) is 13.9. The Bertz CT molecular complexity index is 592. The van der Waals surface area contributed by atoms with Gasteiger partial charge in [0, 0.05) is 38.8 Å². The minimum atomic E-state index is -0.883. The molecule has 0 radical (unpaired) electrons. The van der Waals surface area contributed by atoms with Crippen molar-refractivity contribution >= 4 is 0 Å². The van der Waals surface area contributed by atoms with Crippen LogP contribution in [0.3, 0.4) is 0 Å². The summed E-state index contributed by atoms with van der Waals surface area (Å²) in [6, 6.07) is 3.72. The van der Waals surface area contributed by atoms with Gasteiger partial charge in [0.25, 0.3) is 0 Å². The largest absolute Gasteiger partial charge is 0.314 e. The second kappa shape index (κ2) is 5.64. The summed E-state index contributed by atoms with van der Waals surface area (Å²) in [6.45, 7) is 4.49. The smallest absolute Gasteiger partial charge is 0.160 e. The number of rotatable bonds is 3. The van der Waals surface area contributed by atoms with Crippen LogP contribution in [0, 0.1) is 11.6 Å². The van der Waals surface area contributed by atoms with Gasteiger partial charge in [-0.3, -0.25) is 4.90 Å². The third kappa shape index (κ3) is 2.68. The summed E-state index contributed by atoms with van der Waals surface area (Å²) in [5, 5.41) is 11.1. The molecule has 3 rings (SSSR count). The van der Waals surface area contributed by atoms with Gasteiger partial charge in [-0.2, -0.15) is 0 Å². The molecule has 0 bridgehead atoms. The van der Waals surface area contributed by atoms with Crippen LogP contribution in [0.1, 0.15) is 5.69 Å². The first-order chi connectivity index (χ1) is 9.74. The molecule has 1 aliphatic heterocycles. The average Bonchev–Trinajstić information content (AvgIpc) is 2.91. The molecule has 0 spiro atoms. The molecule has 1 fully saturated rings. The van der Waals surface area contributed by atoms with Crippen LogP contribution in [0.15, 0.2) is 24.4 Å². The topological polar surface area (TPSA) is 46.0 Å². The Labute approximate surface area is 115 Å². The van der Waals surface area contributed by atoms with Crippen LogP contribution in [0.25, 0.3) is 5.69 Å². The van der Waals surface area contributed by atoms with E-state index in [2.05, 4.69) is 20.5 Å². The summed E-state index contributed by atoms with van der Waals surface area (Å²) >= 11 is 0. The summed E-state index contributed by atoms with van der Waals surface area (Å²) in [7, 11) is 0. The lowest BCUT2D eigenvalue weighted by atomic mass is 10.3. The highest BCUT2D eigenvalue weighted by Crippen LogP contribution is 2.15. The lowest BCUT2D eigenvalue weighted by molar-refractivity contribution is 0.229. The molecule has 2 aromatic rings. The van der Waals surface area contributed by atoms with Crippen molar-refractivity contribution in [2.75, 3.05) is 26.2 Å². The van der Waals surface area contributed by atoms with E-state index in [1.807, 2.05) is 0 Å². The molecule has 1 aromatic heterocycles. The van der Waals surface area contributed by atoms with Gasteiger partial charge < -0.3 is 5.32 Å². The molecule has 5 nitrogen and oxygen atoms in total. The molecule has 1 saturated heterocycles. The minimum absolute atomic E-state index is 0.478. The molecule has 0 saturated carbocycles. The first kappa shape index (κ1) is 13.1. The molecule has 1 aromatic carbocycles. The van der Waals surface area contributed by atoms with Gasteiger partial charge in [0.05, 0.1) is 17.6 Å². The van der Waals surface area contributed by atoms with E-state index in [0.29, 0.717) is 12.2 Å². The first-order valence-electron chi connectivity index (χ1n) is 6.52. The number of hydrogen-bond acceptors (Lipinski definition) is 4. The van der Waals surface area contributed by atoms with E-state index < -0.39 is 11.6 Å². The third-order valence-electron chi connectivity index (χ3n) is 3.36. The van der Waals surface area contributed by atoms with Crippen molar-refractivity contribution in [2.24, 2.45) is 0 Å². The van der Waals surface area contributed by atoms with Crippen LogP contribution in [0.5, 0.6) is 0 Å². The standard InChI is InChI=1S/C13H15F2N5/c14-12-2-1-10(7-13(12)15)20-11(8-17-18-20)9-19-5-3-16-4-6-19/h1-2,7-8,16H,3-6,9H2. The van der Waals surface area contributed by atoms with E-state index in [9.17, 15) is 8.78 Å². The summed E-state index contributed by atoms with van der Waals surface area (Å²) in [4.78, 5) is 2.27. The Kier molecular flexibility index (Phi) is 3.70. The van der Waals surface area contributed by atoms with Crippen LogP contribution in [-0.4, -0.2) is 46.1 Å². The molecule has 106 valence electrons. The molecule has 0 unspecified atom stereocenters. The number of hydrogen-bond donors (Lipinski definition) is 1. The molecule has 2 heterocycles. The number of aromatic nitrogens is 3. The SMILES string of the molecule is Fc1ccc(-n2nncc2CN2CCNCC2)cc1F. The van der Waals surface area contributed by atoms with Crippen LogP contribution in [0.4, 0.5) is 8.78 Å². The Morgan fingerprint density at radius 2 is 1.95 bits per heavy atom. The van der Waals surface area contributed by atoms with E-state index >= 15 is 0 Å². The zero-order valence-corrected chi connectivity index (χ0v) is 10.9. The van der Waals surface area contributed by atoms with E-state index in [1.54, 1.807) is 10.9 Å². The van der Waals surface area contributed by atoms with E-state index in [4.69, 9.17) is 0 Å². The Balaban J connectivity index is 1.83. The molecule has 1 N–H and O–H groups in total. The van der Waals surface area contributed by atoms with Gasteiger partial charge in [-0.1, -0.05) is 5.21 Å². The molecule has 0 atom stereocenters. The lowest BCUT2D eigenvalue weighted by Gasteiger charge is -2.26. The normalized spacial score (nSPS) is 16.5. The van der Waals surface area contributed by atoms with Crippen molar-refractivity contribution < 1.29 is 8.78 Å². The molecule has 0 aliphatic carbocycles. The summed E-state index contributed by atoms with van der Waals surface area (Å²) < 4.78 is 27.8. The maximum atomic E-state index is 13.3. The third-order valence-corrected chi connectivity index (χ3v) is 3.36. The van der Waals surface area contributed by atoms with Crippen molar-refractivity contribution in [3.63, 3.8) is 0 Å². The summed E-state index contributed by atoms with van der Waals surface area (Å²) in [5.41, 5.74) is 1.34. The number of halogens is 2. The van der Waals surface area contributed by atoms with Crippen molar-refractivity contribution in [3.8, 4) is 5.69 Å². The highest BCUT2D eigenvalue weighted by Gasteiger charge is 2.14. The predicted molar refractivity (Wildman–Crippen MR) is 69.4 cm³/mol. The van der Waals surface area contributed by atoms with Crippen molar-refractivity contribution in [1.82, 2.24) is 25.2 Å². The van der Waals surface area contributed by atoms with Crippen molar-refractivity contribution in [1.29, 1.82) is 0 Å². The molecule has 1 aliphatic rings. The van der Waals surface area contributed by atoms with Crippen molar-refractivity contribution in [3.05, 3.63) is 41.7 Å². The Hall–Kier alpha value is -1.86. The number of nitrogens with one attached hydrogen (secondary N) is 1. The maximum absolute atomic E-state index is 13.3. The fourth-order valence-electron chi connectivity index (χ4n) is 2.30. The van der Waals surface area contributed by atoms with E-state index in [0.717, 1.165) is 44.0 Å². The van der Waals surface area contributed by atoms with Crippen LogP contribution in [0.2, 0.25) is 0 Å². The van der Waals surface area contributed by atoms with Crippen LogP contribution >= 0.6 is 0 Å². The molecule has 0 amide bonds. The highest BCUT2D eigenvalue weighted by molar-refractivity contribution is 5.33. The highest BCUT2D eigenvalue weighted by atomic mass is 19.2. The zero-order valence-electron chi connectivity index (χ0n) is 10.9. The van der Waals surface area contributed by atoms with E-state index in [-0.39, 0.29) is 0 Å². The Morgan fingerprint density at radius 3 is 2.70 bits per heavy atom. The summed E-state index contributed by atoms with van der Waals surface area (Å²) in [6.07, 6.45) is 1.66. The summed E-state index contributed by atoms with van der Waals surface area (Å²) in [5.74, 6) is -1.75. The molecule has 7 heteroatoms. The van der Waals surface area contributed by atoms with Crippen molar-refractivity contribution in [2.45, 2.75) is 6.54 Å². The average molecular weight is 279 g/mol. The van der Waals surface area contributed by atoms with Gasteiger partial charge in [-0.05, 0) is 12.1 Å².